The maximum atomic E-state index is 2.60. The average Bonchev–Trinajstić information content (AvgIpc) is 2.83. The second-order valence-electron chi connectivity index (χ2n) is 7.69. The van der Waals surface area contributed by atoms with Crippen molar-refractivity contribution in [1.82, 2.24) is 4.72 Å². The molecule has 0 aromatic heterocycles. The molecule has 0 bridgehead atoms. The summed E-state index contributed by atoms with van der Waals surface area (Å²) in [5.41, 5.74) is 4.18. The Morgan fingerprint density at radius 2 is 1.42 bits per heavy atom. The van der Waals surface area contributed by atoms with Gasteiger partial charge in [-0.15, -0.1) is 0 Å². The van der Waals surface area contributed by atoms with Gasteiger partial charge in [-0.05, 0) is 30.8 Å². The van der Waals surface area contributed by atoms with Crippen LogP contribution in [0.5, 0.6) is 0 Å². The summed E-state index contributed by atoms with van der Waals surface area (Å²) in [6, 6.07) is 19.7. The van der Waals surface area contributed by atoms with Crippen molar-refractivity contribution >= 4 is 25.3 Å². The van der Waals surface area contributed by atoms with Crippen LogP contribution in [0.2, 0.25) is 13.6 Å². The molecule has 3 nitrogen and oxygen atoms in total. The summed E-state index contributed by atoms with van der Waals surface area (Å²) in [5, 5.41) is 0. The third kappa shape index (κ3) is 1.97. The van der Waals surface area contributed by atoms with Gasteiger partial charge in [-0.3, -0.25) is 0 Å². The van der Waals surface area contributed by atoms with Gasteiger partial charge in [0.1, 0.15) is 0 Å². The van der Waals surface area contributed by atoms with Gasteiger partial charge in [0.2, 0.25) is 0 Å². The van der Waals surface area contributed by atoms with Crippen molar-refractivity contribution in [3.8, 4) is 0 Å². The Bertz CT molecular complexity index is 749. The molecule has 2 aliphatic rings. The van der Waals surface area contributed by atoms with E-state index in [1.165, 1.54) is 16.9 Å². The van der Waals surface area contributed by atoms with E-state index in [1.54, 1.807) is 0 Å². The van der Waals surface area contributed by atoms with E-state index < -0.39 is 0 Å². The fraction of sp³-hybridized carbons (Fsp3) is 0.368. The van der Waals surface area contributed by atoms with Gasteiger partial charge in [0, 0.05) is 16.8 Å². The lowest BCUT2D eigenvalue weighted by atomic mass is 9.56. The predicted molar refractivity (Wildman–Crippen MR) is 106 cm³/mol. The zero-order chi connectivity index (χ0) is 17.1. The lowest BCUT2D eigenvalue weighted by Gasteiger charge is -2.55. The quantitative estimate of drug-likeness (QED) is 0.741. The van der Waals surface area contributed by atoms with E-state index in [0.717, 1.165) is 0 Å². The molecule has 122 valence electrons. The molecule has 1 atom stereocenters. The molecule has 2 aliphatic heterocycles. The maximum Gasteiger partial charge on any atom is 0.331 e. The molecule has 0 radical (unpaired) electrons. The van der Waals surface area contributed by atoms with Crippen molar-refractivity contribution in [3.05, 3.63) is 60.2 Å². The molecule has 0 amide bonds. The first-order chi connectivity index (χ1) is 11.4. The van der Waals surface area contributed by atoms with Gasteiger partial charge in [-0.25, -0.2) is 0 Å². The number of hydrogen-bond donors (Lipinski definition) is 0. The van der Waals surface area contributed by atoms with Crippen molar-refractivity contribution in [2.75, 3.05) is 16.7 Å². The molecular weight excluding hydrogens is 292 g/mol. The minimum absolute atomic E-state index is 0.0657. The Morgan fingerprint density at radius 1 is 0.833 bits per heavy atom. The number of benzene rings is 2. The molecule has 1 fully saturated rings. The van der Waals surface area contributed by atoms with E-state index in [2.05, 4.69) is 103 Å². The lowest BCUT2D eigenvalue weighted by molar-refractivity contribution is 0.434. The lowest BCUT2D eigenvalue weighted by Crippen LogP contribution is -2.75. The normalized spacial score (nSPS) is 22.6. The first-order valence-corrected chi connectivity index (χ1v) is 8.88. The SMILES string of the molecule is CB1N(C)B(C)N2c3ccccc3C(C)(C)C2N1c1ccccc1. The molecule has 0 saturated carbocycles. The van der Waals surface area contributed by atoms with E-state index in [1.807, 2.05) is 0 Å². The van der Waals surface area contributed by atoms with Crippen LogP contribution < -0.4 is 9.62 Å². The van der Waals surface area contributed by atoms with E-state index in [-0.39, 0.29) is 5.41 Å². The first kappa shape index (κ1) is 15.6. The van der Waals surface area contributed by atoms with Crippen molar-refractivity contribution in [2.45, 2.75) is 39.1 Å². The van der Waals surface area contributed by atoms with Crippen LogP contribution in [0.25, 0.3) is 0 Å². The highest BCUT2D eigenvalue weighted by Crippen LogP contribution is 2.49. The van der Waals surface area contributed by atoms with Crippen LogP contribution in [0.15, 0.2) is 54.6 Å². The molecule has 4 rings (SSSR count). The van der Waals surface area contributed by atoms with Crippen LogP contribution in [0, 0.1) is 0 Å². The first-order valence-electron chi connectivity index (χ1n) is 8.88. The fourth-order valence-electron chi connectivity index (χ4n) is 4.62. The summed E-state index contributed by atoms with van der Waals surface area (Å²) >= 11 is 0. The second-order valence-corrected chi connectivity index (χ2v) is 7.69. The molecule has 1 unspecified atom stereocenters. The highest BCUT2D eigenvalue weighted by Gasteiger charge is 2.56. The minimum Gasteiger partial charge on any atom is -0.382 e. The Hall–Kier alpha value is -1.87. The monoisotopic (exact) mass is 317 g/mol. The van der Waals surface area contributed by atoms with E-state index in [4.69, 9.17) is 0 Å². The summed E-state index contributed by atoms with van der Waals surface area (Å²) in [6.45, 7) is 10.1. The van der Waals surface area contributed by atoms with Gasteiger partial charge < -0.3 is 14.3 Å². The van der Waals surface area contributed by atoms with Crippen molar-refractivity contribution in [2.24, 2.45) is 0 Å². The van der Waals surface area contributed by atoms with Crippen LogP contribution in [0.4, 0.5) is 11.4 Å². The molecule has 0 aliphatic carbocycles. The molecule has 2 heterocycles. The predicted octanol–water partition coefficient (Wildman–Crippen LogP) is 3.80. The third-order valence-corrected chi connectivity index (χ3v) is 6.09. The van der Waals surface area contributed by atoms with Crippen LogP contribution in [-0.4, -0.2) is 31.9 Å². The van der Waals surface area contributed by atoms with Crippen molar-refractivity contribution < 1.29 is 0 Å². The molecule has 5 heteroatoms. The molecule has 0 N–H and O–H groups in total. The Labute approximate surface area is 146 Å². The zero-order valence-electron chi connectivity index (χ0n) is 15.3. The third-order valence-electron chi connectivity index (χ3n) is 6.09. The molecule has 1 saturated heterocycles. The van der Waals surface area contributed by atoms with Crippen LogP contribution in [0.3, 0.4) is 0 Å². The Balaban J connectivity index is 1.91. The fourth-order valence-corrected chi connectivity index (χ4v) is 4.62. The van der Waals surface area contributed by atoms with Gasteiger partial charge in [-0.2, -0.15) is 0 Å². The van der Waals surface area contributed by atoms with Gasteiger partial charge in [0.05, 0.1) is 6.17 Å². The highest BCUT2D eigenvalue weighted by atomic mass is 15.4. The van der Waals surface area contributed by atoms with Gasteiger partial charge in [0.25, 0.3) is 0 Å². The van der Waals surface area contributed by atoms with Gasteiger partial charge in [-0.1, -0.05) is 63.9 Å². The number of hydrogen-bond acceptors (Lipinski definition) is 3. The zero-order valence-corrected chi connectivity index (χ0v) is 15.3. The molecule has 24 heavy (non-hydrogen) atoms. The minimum atomic E-state index is 0.0657. The Morgan fingerprint density at radius 3 is 2.12 bits per heavy atom. The number of para-hydroxylation sites is 2. The standard InChI is InChI=1S/C19H25B2N3/c1-19(2)16-13-9-10-14-17(16)24-18(19)23(15-11-7-6-8-12-15)20(3)22(5)21(24)4/h6-14,18H,1-5H3. The smallest absolute Gasteiger partial charge is 0.331 e. The van der Waals surface area contributed by atoms with E-state index in [0.29, 0.717) is 20.1 Å². The van der Waals surface area contributed by atoms with Crippen molar-refractivity contribution in [3.63, 3.8) is 0 Å². The maximum absolute atomic E-state index is 2.60. The van der Waals surface area contributed by atoms with E-state index in [9.17, 15) is 0 Å². The summed E-state index contributed by atoms with van der Waals surface area (Å²) in [4.78, 5) is 5.18. The van der Waals surface area contributed by atoms with Gasteiger partial charge >= 0.3 is 14.0 Å². The highest BCUT2D eigenvalue weighted by molar-refractivity contribution is 6.77. The number of fused-ring (bicyclic) bond motifs is 3. The van der Waals surface area contributed by atoms with E-state index >= 15 is 0 Å². The summed E-state index contributed by atoms with van der Waals surface area (Å²) in [6.07, 6.45) is 0.318. The summed E-state index contributed by atoms with van der Waals surface area (Å²) < 4.78 is 2.46. The summed E-state index contributed by atoms with van der Waals surface area (Å²) in [5.74, 6) is 0. The van der Waals surface area contributed by atoms with Crippen LogP contribution in [0.1, 0.15) is 19.4 Å². The largest absolute Gasteiger partial charge is 0.382 e. The van der Waals surface area contributed by atoms with Gasteiger partial charge in [0.15, 0.2) is 0 Å². The number of anilines is 2. The molecule has 2 aromatic rings. The second kappa shape index (κ2) is 5.32. The topological polar surface area (TPSA) is 9.72 Å². The summed E-state index contributed by atoms with van der Waals surface area (Å²) in [7, 11) is 2.23. The molecular formula is C19H25B2N3. The average molecular weight is 317 g/mol. The molecule has 2 aromatic carbocycles. The Kier molecular flexibility index (Phi) is 3.47. The van der Waals surface area contributed by atoms with Crippen molar-refractivity contribution in [1.29, 1.82) is 0 Å². The number of nitrogens with zero attached hydrogens (tertiary/aromatic N) is 3. The van der Waals surface area contributed by atoms with Crippen LogP contribution in [-0.2, 0) is 5.41 Å². The number of rotatable bonds is 1. The van der Waals surface area contributed by atoms with Crippen LogP contribution >= 0.6 is 0 Å². The molecule has 0 spiro atoms.